The molecule has 3 atom stereocenters. The standard InChI is InChI=1S/C22H26N4O3/c1-14-5-7-15(8-6-14)22(29)24-10-19-17-9-16(11-25(12-17)13-20(23)27)18-3-2-4-21(28)26(18)19/h2-8,16-17,19H,9-13H2,1H3,(H2,23,27)(H,24,29)/t16-,17+,19+/m1/s1. The van der Waals surface area contributed by atoms with Crippen LogP contribution in [0, 0.1) is 12.8 Å². The number of piperidine rings is 1. The van der Waals surface area contributed by atoms with Crippen molar-refractivity contribution in [3.05, 3.63) is 69.6 Å². The molecular formula is C22H26N4O3. The molecule has 2 bridgehead atoms. The fraction of sp³-hybridized carbons (Fsp3) is 0.409. The van der Waals surface area contributed by atoms with Crippen LogP contribution >= 0.6 is 0 Å². The lowest BCUT2D eigenvalue weighted by atomic mass is 9.78. The number of amides is 2. The van der Waals surface area contributed by atoms with Gasteiger partial charge in [0.1, 0.15) is 0 Å². The Morgan fingerprint density at radius 1 is 1.14 bits per heavy atom. The van der Waals surface area contributed by atoms with Crippen LogP contribution in [-0.4, -0.2) is 47.5 Å². The minimum Gasteiger partial charge on any atom is -0.369 e. The van der Waals surface area contributed by atoms with Crippen molar-refractivity contribution in [3.63, 3.8) is 0 Å². The summed E-state index contributed by atoms with van der Waals surface area (Å²) in [6, 6.07) is 12.6. The number of carbonyl (C=O) groups excluding carboxylic acids is 2. The summed E-state index contributed by atoms with van der Waals surface area (Å²) in [4.78, 5) is 38.8. The van der Waals surface area contributed by atoms with Gasteiger partial charge < -0.3 is 15.6 Å². The first-order chi connectivity index (χ1) is 13.9. The fourth-order valence-corrected chi connectivity index (χ4v) is 4.75. The quantitative estimate of drug-likeness (QED) is 0.792. The van der Waals surface area contributed by atoms with E-state index in [1.165, 1.54) is 0 Å². The molecule has 0 radical (unpaired) electrons. The summed E-state index contributed by atoms with van der Waals surface area (Å²) in [7, 11) is 0. The molecule has 0 aliphatic carbocycles. The van der Waals surface area contributed by atoms with Crippen molar-refractivity contribution in [2.24, 2.45) is 11.7 Å². The third-order valence-electron chi connectivity index (χ3n) is 6.04. The van der Waals surface area contributed by atoms with E-state index in [2.05, 4.69) is 10.2 Å². The number of nitrogens with one attached hydrogen (secondary N) is 1. The summed E-state index contributed by atoms with van der Waals surface area (Å²) in [6.07, 6.45) is 0.934. The van der Waals surface area contributed by atoms with E-state index < -0.39 is 0 Å². The maximum atomic E-state index is 12.7. The Balaban J connectivity index is 1.58. The zero-order chi connectivity index (χ0) is 20.5. The number of likely N-dealkylation sites (tertiary alicyclic amines) is 1. The summed E-state index contributed by atoms with van der Waals surface area (Å²) in [5.74, 6) is -0.146. The van der Waals surface area contributed by atoms with Crippen molar-refractivity contribution in [2.75, 3.05) is 26.2 Å². The highest BCUT2D eigenvalue weighted by atomic mass is 16.2. The van der Waals surface area contributed by atoms with E-state index in [0.29, 0.717) is 25.2 Å². The van der Waals surface area contributed by atoms with Gasteiger partial charge >= 0.3 is 0 Å². The van der Waals surface area contributed by atoms with Crippen molar-refractivity contribution in [1.29, 1.82) is 0 Å². The molecule has 2 amide bonds. The van der Waals surface area contributed by atoms with Crippen LogP contribution in [0.2, 0.25) is 0 Å². The lowest BCUT2D eigenvalue weighted by Gasteiger charge is -2.46. The van der Waals surface area contributed by atoms with Crippen LogP contribution in [0.4, 0.5) is 0 Å². The molecule has 7 nitrogen and oxygen atoms in total. The lowest BCUT2D eigenvalue weighted by Crippen LogP contribution is -2.53. The van der Waals surface area contributed by atoms with Crippen molar-refractivity contribution >= 4 is 11.8 Å². The SMILES string of the molecule is Cc1ccc(C(=O)NC[C@H]2[C@H]3C[C@H](CN(CC(N)=O)C3)c3cccc(=O)n32)cc1. The fourth-order valence-electron chi connectivity index (χ4n) is 4.75. The number of nitrogens with zero attached hydrogens (tertiary/aromatic N) is 2. The average Bonchev–Trinajstić information content (AvgIpc) is 2.68. The molecule has 7 heteroatoms. The molecule has 29 heavy (non-hydrogen) atoms. The molecule has 1 aromatic heterocycles. The molecule has 3 N–H and O–H groups in total. The van der Waals surface area contributed by atoms with Gasteiger partial charge in [0, 0.05) is 42.9 Å². The predicted octanol–water partition coefficient (Wildman–Crippen LogP) is 1.03. The molecule has 3 heterocycles. The van der Waals surface area contributed by atoms with Crippen molar-refractivity contribution in [1.82, 2.24) is 14.8 Å². The second-order valence-corrected chi connectivity index (χ2v) is 8.16. The van der Waals surface area contributed by atoms with Crippen LogP contribution < -0.4 is 16.6 Å². The van der Waals surface area contributed by atoms with Gasteiger partial charge in [-0.05, 0) is 37.5 Å². The summed E-state index contributed by atoms with van der Waals surface area (Å²) in [5, 5.41) is 3.01. The van der Waals surface area contributed by atoms with Gasteiger partial charge in [-0.2, -0.15) is 0 Å². The van der Waals surface area contributed by atoms with Crippen LogP contribution in [0.15, 0.2) is 47.3 Å². The summed E-state index contributed by atoms with van der Waals surface area (Å²) in [6.45, 7) is 3.96. The molecule has 0 saturated carbocycles. The number of primary amides is 1. The van der Waals surface area contributed by atoms with Crippen LogP contribution in [0.1, 0.15) is 40.0 Å². The van der Waals surface area contributed by atoms with Gasteiger partial charge in [-0.3, -0.25) is 19.3 Å². The molecule has 2 aliphatic heterocycles. The van der Waals surface area contributed by atoms with E-state index >= 15 is 0 Å². The molecular weight excluding hydrogens is 368 g/mol. The van der Waals surface area contributed by atoms with E-state index in [1.54, 1.807) is 24.3 Å². The highest BCUT2D eigenvalue weighted by Crippen LogP contribution is 2.40. The molecule has 2 aliphatic rings. The zero-order valence-corrected chi connectivity index (χ0v) is 16.5. The van der Waals surface area contributed by atoms with Crippen molar-refractivity contribution in [3.8, 4) is 0 Å². The second-order valence-electron chi connectivity index (χ2n) is 8.16. The summed E-state index contributed by atoms with van der Waals surface area (Å²) in [5.41, 5.74) is 8.03. The number of aryl methyl sites for hydroxylation is 1. The number of hydrogen-bond acceptors (Lipinski definition) is 4. The summed E-state index contributed by atoms with van der Waals surface area (Å²) >= 11 is 0. The monoisotopic (exact) mass is 394 g/mol. The molecule has 152 valence electrons. The molecule has 1 fully saturated rings. The molecule has 1 saturated heterocycles. The molecule has 4 rings (SSSR count). The van der Waals surface area contributed by atoms with E-state index in [9.17, 15) is 14.4 Å². The number of nitrogens with two attached hydrogens (primary N) is 1. The first kappa shape index (κ1) is 19.4. The third-order valence-corrected chi connectivity index (χ3v) is 6.04. The first-order valence-electron chi connectivity index (χ1n) is 9.99. The first-order valence-corrected chi connectivity index (χ1v) is 9.99. The Bertz CT molecular complexity index is 982. The van der Waals surface area contributed by atoms with Gasteiger partial charge in [-0.25, -0.2) is 0 Å². The van der Waals surface area contributed by atoms with Gasteiger partial charge in [0.05, 0.1) is 12.6 Å². The number of fused-ring (bicyclic) bond motifs is 4. The zero-order valence-electron chi connectivity index (χ0n) is 16.5. The van der Waals surface area contributed by atoms with Crippen molar-refractivity contribution < 1.29 is 9.59 Å². The highest BCUT2D eigenvalue weighted by Gasteiger charge is 2.40. The summed E-state index contributed by atoms with van der Waals surface area (Å²) < 4.78 is 1.84. The Morgan fingerprint density at radius 2 is 1.90 bits per heavy atom. The topological polar surface area (TPSA) is 97.4 Å². The Labute approximate surface area is 169 Å². The van der Waals surface area contributed by atoms with Gasteiger partial charge in [0.15, 0.2) is 0 Å². The minimum absolute atomic E-state index is 0.0462. The van der Waals surface area contributed by atoms with Gasteiger partial charge in [0.25, 0.3) is 11.5 Å². The number of benzene rings is 1. The normalized spacial score (nSPS) is 23.3. The Morgan fingerprint density at radius 3 is 2.62 bits per heavy atom. The van der Waals surface area contributed by atoms with E-state index in [4.69, 9.17) is 5.73 Å². The van der Waals surface area contributed by atoms with Crippen LogP contribution in [0.3, 0.4) is 0 Å². The van der Waals surface area contributed by atoms with Crippen LogP contribution in [-0.2, 0) is 4.79 Å². The second kappa shape index (κ2) is 7.83. The van der Waals surface area contributed by atoms with Crippen LogP contribution in [0.5, 0.6) is 0 Å². The number of hydrogen-bond donors (Lipinski definition) is 2. The number of carbonyl (C=O) groups is 2. The van der Waals surface area contributed by atoms with Crippen molar-refractivity contribution in [2.45, 2.75) is 25.3 Å². The maximum absolute atomic E-state index is 12.7. The largest absolute Gasteiger partial charge is 0.369 e. The molecule has 0 spiro atoms. The maximum Gasteiger partial charge on any atom is 0.251 e. The van der Waals surface area contributed by atoms with Gasteiger partial charge in [-0.15, -0.1) is 0 Å². The minimum atomic E-state index is -0.348. The molecule has 1 aromatic carbocycles. The van der Waals surface area contributed by atoms with E-state index in [-0.39, 0.29) is 41.8 Å². The van der Waals surface area contributed by atoms with Crippen LogP contribution in [0.25, 0.3) is 0 Å². The molecule has 0 unspecified atom stereocenters. The lowest BCUT2D eigenvalue weighted by molar-refractivity contribution is -0.119. The van der Waals surface area contributed by atoms with E-state index in [1.807, 2.05) is 29.7 Å². The number of aromatic nitrogens is 1. The van der Waals surface area contributed by atoms with Gasteiger partial charge in [0.2, 0.25) is 5.91 Å². The number of pyridine rings is 1. The Kier molecular flexibility index (Phi) is 5.24. The third kappa shape index (κ3) is 3.96. The smallest absolute Gasteiger partial charge is 0.251 e. The number of rotatable bonds is 5. The van der Waals surface area contributed by atoms with E-state index in [0.717, 1.165) is 17.7 Å². The molecule has 2 aromatic rings. The Hall–Kier alpha value is -2.93. The highest BCUT2D eigenvalue weighted by molar-refractivity contribution is 5.94. The van der Waals surface area contributed by atoms with Gasteiger partial charge in [-0.1, -0.05) is 23.8 Å². The predicted molar refractivity (Wildman–Crippen MR) is 110 cm³/mol. The average molecular weight is 394 g/mol.